The molecule has 1 aromatic heterocycles. The van der Waals surface area contributed by atoms with Crippen molar-refractivity contribution in [2.45, 2.75) is 68.9 Å². The van der Waals surface area contributed by atoms with Crippen LogP contribution < -0.4 is 10.5 Å². The number of amides is 1. The predicted octanol–water partition coefficient (Wildman–Crippen LogP) is 4.77. The Balaban J connectivity index is 1.85. The van der Waals surface area contributed by atoms with Crippen LogP contribution in [0.3, 0.4) is 0 Å². The lowest BCUT2D eigenvalue weighted by Gasteiger charge is -2.26. The molecule has 7 nitrogen and oxygen atoms in total. The fourth-order valence-corrected chi connectivity index (χ4v) is 6.94. The minimum atomic E-state index is -3.72. The van der Waals surface area contributed by atoms with E-state index in [1.165, 1.54) is 11.3 Å². The lowest BCUT2D eigenvalue weighted by atomic mass is 9.88. The van der Waals surface area contributed by atoms with E-state index in [0.29, 0.717) is 10.0 Å². The first-order chi connectivity index (χ1) is 13.9. The number of nitrogens with two attached hydrogens (primary N) is 1. The fourth-order valence-electron chi connectivity index (χ4n) is 3.57. The van der Waals surface area contributed by atoms with E-state index in [1.807, 2.05) is 26.8 Å². The second-order valence-corrected chi connectivity index (χ2v) is 12.1. The monoisotopic (exact) mass is 515 g/mol. The molecule has 1 saturated carbocycles. The van der Waals surface area contributed by atoms with Crippen molar-refractivity contribution in [1.29, 1.82) is 0 Å². The molecule has 164 valence electrons. The van der Waals surface area contributed by atoms with Gasteiger partial charge in [-0.15, -0.1) is 11.3 Å². The summed E-state index contributed by atoms with van der Waals surface area (Å²) in [5.41, 5.74) is 5.14. The molecular formula is C20H26BrN3O4S2. The van der Waals surface area contributed by atoms with Gasteiger partial charge in [-0.05, 0) is 58.6 Å². The number of carbonyl (C=O) groups is 1. The van der Waals surface area contributed by atoms with Crippen LogP contribution in [0.25, 0.3) is 10.4 Å². The molecule has 1 aliphatic carbocycles. The minimum Gasteiger partial charge on any atom is -0.446 e. The number of ether oxygens (including phenoxy) is 1. The van der Waals surface area contributed by atoms with Crippen molar-refractivity contribution < 1.29 is 17.9 Å². The number of halogens is 1. The largest absolute Gasteiger partial charge is 0.446 e. The van der Waals surface area contributed by atoms with Gasteiger partial charge in [0.2, 0.25) is 10.0 Å². The Labute approximate surface area is 189 Å². The number of hydrogen-bond acceptors (Lipinski definition) is 6. The minimum absolute atomic E-state index is 0.134. The molecule has 1 amide bonds. The third-order valence-corrected chi connectivity index (χ3v) is 8.25. The Bertz CT molecular complexity index is 1020. The van der Waals surface area contributed by atoms with Gasteiger partial charge in [0, 0.05) is 27.7 Å². The van der Waals surface area contributed by atoms with Gasteiger partial charge in [-0.1, -0.05) is 22.0 Å². The SMILES string of the molecule is CC(C)(C)NS(=O)(=O)c1cc(Br)ccc1-c1cnc([C@H]2CC[C@H](OC(N)=O)CC2)s1. The van der Waals surface area contributed by atoms with Crippen LogP contribution in [0.2, 0.25) is 0 Å². The molecule has 0 spiro atoms. The quantitative estimate of drug-likeness (QED) is 0.595. The Morgan fingerprint density at radius 2 is 1.93 bits per heavy atom. The molecule has 0 aliphatic heterocycles. The van der Waals surface area contributed by atoms with E-state index in [-0.39, 0.29) is 16.9 Å². The normalized spacial score (nSPS) is 20.1. The zero-order valence-corrected chi connectivity index (χ0v) is 20.4. The van der Waals surface area contributed by atoms with E-state index in [4.69, 9.17) is 10.5 Å². The number of benzene rings is 1. The summed E-state index contributed by atoms with van der Waals surface area (Å²) in [4.78, 5) is 16.5. The van der Waals surface area contributed by atoms with Gasteiger partial charge < -0.3 is 10.5 Å². The molecule has 1 fully saturated rings. The van der Waals surface area contributed by atoms with Gasteiger partial charge in [-0.25, -0.2) is 22.9 Å². The summed E-state index contributed by atoms with van der Waals surface area (Å²) in [7, 11) is -3.72. The second-order valence-electron chi connectivity index (χ2n) is 8.47. The van der Waals surface area contributed by atoms with Crippen LogP contribution in [0.1, 0.15) is 57.4 Å². The van der Waals surface area contributed by atoms with E-state index in [2.05, 4.69) is 25.6 Å². The highest BCUT2D eigenvalue weighted by atomic mass is 79.9. The smallest absolute Gasteiger partial charge is 0.404 e. The van der Waals surface area contributed by atoms with Crippen molar-refractivity contribution in [3.8, 4) is 10.4 Å². The topological polar surface area (TPSA) is 111 Å². The Hall–Kier alpha value is -1.49. The number of sulfonamides is 1. The summed E-state index contributed by atoms with van der Waals surface area (Å²) in [5, 5.41) is 0.970. The molecule has 0 saturated heterocycles. The highest BCUT2D eigenvalue weighted by Crippen LogP contribution is 2.40. The van der Waals surface area contributed by atoms with Crippen LogP contribution in [-0.2, 0) is 14.8 Å². The maximum Gasteiger partial charge on any atom is 0.404 e. The molecule has 0 bridgehead atoms. The summed E-state index contributed by atoms with van der Waals surface area (Å²) in [6.45, 7) is 5.43. The summed E-state index contributed by atoms with van der Waals surface area (Å²) in [5.74, 6) is 0.264. The highest BCUT2D eigenvalue weighted by Gasteiger charge is 2.29. The van der Waals surface area contributed by atoms with E-state index in [0.717, 1.165) is 35.6 Å². The number of nitrogens with zero attached hydrogens (tertiary/aromatic N) is 1. The number of carbonyl (C=O) groups excluding carboxylic acids is 1. The van der Waals surface area contributed by atoms with Crippen molar-refractivity contribution in [3.63, 3.8) is 0 Å². The number of primary amides is 1. The number of thiazole rings is 1. The van der Waals surface area contributed by atoms with Gasteiger partial charge in [0.15, 0.2) is 0 Å². The first-order valence-electron chi connectivity index (χ1n) is 9.70. The molecule has 2 aromatic rings. The summed E-state index contributed by atoms with van der Waals surface area (Å²) in [6.07, 6.45) is 4.06. The van der Waals surface area contributed by atoms with Crippen LogP contribution in [0, 0.1) is 0 Å². The molecule has 0 radical (unpaired) electrons. The molecule has 1 aromatic carbocycles. The van der Waals surface area contributed by atoms with Gasteiger partial charge >= 0.3 is 6.09 Å². The highest BCUT2D eigenvalue weighted by molar-refractivity contribution is 9.10. The van der Waals surface area contributed by atoms with E-state index in [1.54, 1.807) is 18.3 Å². The average Bonchev–Trinajstić information content (AvgIpc) is 3.09. The zero-order valence-electron chi connectivity index (χ0n) is 17.1. The van der Waals surface area contributed by atoms with Crippen molar-refractivity contribution in [2.75, 3.05) is 0 Å². The Kier molecular flexibility index (Phi) is 6.91. The number of rotatable bonds is 5. The molecular weight excluding hydrogens is 490 g/mol. The van der Waals surface area contributed by atoms with Crippen molar-refractivity contribution in [1.82, 2.24) is 9.71 Å². The van der Waals surface area contributed by atoms with Crippen LogP contribution in [0.5, 0.6) is 0 Å². The fraction of sp³-hybridized carbons (Fsp3) is 0.500. The standard InChI is InChI=1S/C20H26BrN3O4S2/c1-20(2,3)24-30(26,27)17-10-13(21)6-9-15(17)16-11-23-18(29-16)12-4-7-14(8-5-12)28-19(22)25/h6,9-12,14,24H,4-5,7-8H2,1-3H3,(H2,22,25)/t12-,14-. The Morgan fingerprint density at radius 1 is 1.27 bits per heavy atom. The van der Waals surface area contributed by atoms with Crippen LogP contribution >= 0.6 is 27.3 Å². The lowest BCUT2D eigenvalue weighted by Crippen LogP contribution is -2.40. The van der Waals surface area contributed by atoms with E-state index < -0.39 is 21.7 Å². The first-order valence-corrected chi connectivity index (χ1v) is 12.8. The van der Waals surface area contributed by atoms with Crippen LogP contribution in [-0.4, -0.2) is 31.1 Å². The molecule has 3 N–H and O–H groups in total. The van der Waals surface area contributed by atoms with Gasteiger partial charge in [0.1, 0.15) is 6.10 Å². The summed E-state index contributed by atoms with van der Waals surface area (Å²) >= 11 is 4.89. The molecule has 0 atom stereocenters. The maximum absolute atomic E-state index is 13.0. The van der Waals surface area contributed by atoms with Gasteiger partial charge in [0.05, 0.1) is 14.8 Å². The van der Waals surface area contributed by atoms with Gasteiger partial charge in [-0.3, -0.25) is 0 Å². The molecule has 1 heterocycles. The van der Waals surface area contributed by atoms with Crippen LogP contribution in [0.4, 0.5) is 4.79 Å². The molecule has 0 unspecified atom stereocenters. The third-order valence-electron chi connectivity index (χ3n) is 4.77. The number of hydrogen-bond donors (Lipinski definition) is 2. The van der Waals surface area contributed by atoms with Gasteiger partial charge in [-0.2, -0.15) is 0 Å². The summed E-state index contributed by atoms with van der Waals surface area (Å²) < 4.78 is 34.6. The molecule has 3 rings (SSSR count). The van der Waals surface area contributed by atoms with E-state index in [9.17, 15) is 13.2 Å². The van der Waals surface area contributed by atoms with Crippen molar-refractivity contribution >= 4 is 43.4 Å². The predicted molar refractivity (Wildman–Crippen MR) is 121 cm³/mol. The van der Waals surface area contributed by atoms with Crippen molar-refractivity contribution in [3.05, 3.63) is 33.9 Å². The lowest BCUT2D eigenvalue weighted by molar-refractivity contribution is 0.0787. The van der Waals surface area contributed by atoms with Crippen LogP contribution in [0.15, 0.2) is 33.8 Å². The second kappa shape index (κ2) is 8.94. The Morgan fingerprint density at radius 3 is 2.53 bits per heavy atom. The first kappa shape index (κ1) is 23.2. The maximum atomic E-state index is 13.0. The van der Waals surface area contributed by atoms with E-state index >= 15 is 0 Å². The molecule has 10 heteroatoms. The van der Waals surface area contributed by atoms with Crippen molar-refractivity contribution in [2.24, 2.45) is 5.73 Å². The number of nitrogens with one attached hydrogen (secondary N) is 1. The zero-order chi connectivity index (χ0) is 22.1. The molecule has 1 aliphatic rings. The number of aromatic nitrogens is 1. The van der Waals surface area contributed by atoms with Gasteiger partial charge in [0.25, 0.3) is 0 Å². The molecule has 30 heavy (non-hydrogen) atoms. The summed E-state index contributed by atoms with van der Waals surface area (Å²) in [6, 6.07) is 5.25. The third kappa shape index (κ3) is 5.81. The average molecular weight is 516 g/mol.